The summed E-state index contributed by atoms with van der Waals surface area (Å²) in [4.78, 5) is 0. The van der Waals surface area contributed by atoms with Crippen LogP contribution in [0.3, 0.4) is 0 Å². The van der Waals surface area contributed by atoms with Gasteiger partial charge in [0.25, 0.3) is 0 Å². The zero-order chi connectivity index (χ0) is 7.82. The lowest BCUT2D eigenvalue weighted by Crippen LogP contribution is -2.16. The zero-order valence-electron chi connectivity index (χ0n) is 6.42. The number of thiol groups is 1. The van der Waals surface area contributed by atoms with E-state index in [2.05, 4.69) is 18.0 Å². The van der Waals surface area contributed by atoms with Crippen LogP contribution in [0.1, 0.15) is 32.1 Å². The van der Waals surface area contributed by atoms with Crippen LogP contribution >= 0.6 is 12.8 Å². The third-order valence-corrected chi connectivity index (χ3v) is 2.06. The maximum atomic E-state index is 5.50. The zero-order valence-corrected chi connectivity index (χ0v) is 7.32. The molecular weight excluding hydrogens is 144 g/mol. The molecule has 10 heavy (non-hydrogen) atoms. The minimum atomic E-state index is 0.865. The van der Waals surface area contributed by atoms with Crippen LogP contribution in [0.15, 0.2) is 0 Å². The fraction of sp³-hybridized carbons (Fsp3) is 1.00. The lowest BCUT2D eigenvalue weighted by molar-refractivity contribution is 0.366. The van der Waals surface area contributed by atoms with Gasteiger partial charge in [-0.2, -0.15) is 0 Å². The van der Waals surface area contributed by atoms with Crippen LogP contribution in [0.2, 0.25) is 0 Å². The quantitative estimate of drug-likeness (QED) is 0.509. The summed E-state index contributed by atoms with van der Waals surface area (Å²) >= 11 is 3.03. The number of rotatable bonds is 1. The van der Waals surface area contributed by atoms with Crippen molar-refractivity contribution in [1.29, 1.82) is 0 Å². The number of nitrogens with two attached hydrogens (primary N) is 2. The molecule has 1 aliphatic rings. The predicted octanol–water partition coefficient (Wildman–Crippen LogP) is 1.32. The van der Waals surface area contributed by atoms with Crippen molar-refractivity contribution in [2.75, 3.05) is 6.54 Å². The lowest BCUT2D eigenvalue weighted by atomic mass is 9.90. The van der Waals surface area contributed by atoms with Crippen molar-refractivity contribution in [3.8, 4) is 0 Å². The second-order valence-electron chi connectivity index (χ2n) is 2.74. The predicted molar refractivity (Wildman–Crippen MR) is 48.8 cm³/mol. The van der Waals surface area contributed by atoms with Gasteiger partial charge in [0.2, 0.25) is 0 Å². The third-order valence-electron chi connectivity index (χ3n) is 2.06. The Hall–Kier alpha value is 0.270. The molecule has 0 aromatic rings. The van der Waals surface area contributed by atoms with Gasteiger partial charge in [0, 0.05) is 0 Å². The molecule has 1 aliphatic carbocycles. The van der Waals surface area contributed by atoms with Crippen molar-refractivity contribution in [3.63, 3.8) is 0 Å². The van der Waals surface area contributed by atoms with Gasteiger partial charge in [-0.05, 0) is 25.3 Å². The molecule has 2 nitrogen and oxygen atoms in total. The van der Waals surface area contributed by atoms with Crippen molar-refractivity contribution in [2.45, 2.75) is 32.1 Å². The Bertz CT molecular complexity index is 62.6. The molecule has 0 amide bonds. The summed E-state index contributed by atoms with van der Waals surface area (Å²) in [5.41, 5.74) is 5.50. The highest BCUT2D eigenvalue weighted by molar-refractivity contribution is 7.77. The normalized spacial score (nSPS) is 19.5. The summed E-state index contributed by atoms with van der Waals surface area (Å²) in [5, 5.41) is 4.19. The van der Waals surface area contributed by atoms with Gasteiger partial charge >= 0.3 is 0 Å². The highest BCUT2D eigenvalue weighted by Crippen LogP contribution is 2.21. The molecule has 0 bridgehead atoms. The largest absolute Gasteiger partial charge is 0.330 e. The van der Waals surface area contributed by atoms with E-state index in [0.29, 0.717) is 0 Å². The second kappa shape index (κ2) is 7.38. The average Bonchev–Trinajstić information content (AvgIpc) is 2.10. The molecule has 4 N–H and O–H groups in total. The Balaban J connectivity index is 0.000000371. The van der Waals surface area contributed by atoms with E-state index in [1.54, 1.807) is 0 Å². The van der Waals surface area contributed by atoms with Crippen LogP contribution in [-0.4, -0.2) is 6.54 Å². The molecule has 3 heteroatoms. The summed E-state index contributed by atoms with van der Waals surface area (Å²) in [5.74, 6) is 0.865. The first-order chi connectivity index (χ1) is 4.93. The molecular formula is C7H18N2S. The maximum absolute atomic E-state index is 5.50. The Kier molecular flexibility index (Phi) is 7.58. The Morgan fingerprint density at radius 1 is 1.10 bits per heavy atom. The van der Waals surface area contributed by atoms with Crippen molar-refractivity contribution in [3.05, 3.63) is 0 Å². The molecule has 0 aliphatic heterocycles. The number of hydrogen-bond donors (Lipinski definition) is 3. The van der Waals surface area contributed by atoms with E-state index in [4.69, 9.17) is 5.73 Å². The molecule has 62 valence electrons. The van der Waals surface area contributed by atoms with Crippen LogP contribution in [0.4, 0.5) is 0 Å². The average molecular weight is 162 g/mol. The highest BCUT2D eigenvalue weighted by Gasteiger charge is 2.09. The molecule has 0 radical (unpaired) electrons. The van der Waals surface area contributed by atoms with Crippen molar-refractivity contribution < 1.29 is 0 Å². The van der Waals surface area contributed by atoms with Crippen LogP contribution in [-0.2, 0) is 0 Å². The lowest BCUT2D eigenvalue weighted by Gasteiger charge is -2.18. The van der Waals surface area contributed by atoms with Gasteiger partial charge in [-0.25, -0.2) is 0 Å². The SMILES string of the molecule is NCC1CCCCC1.NS. The minimum Gasteiger partial charge on any atom is -0.330 e. The van der Waals surface area contributed by atoms with E-state index in [9.17, 15) is 0 Å². The molecule has 0 heterocycles. The van der Waals surface area contributed by atoms with Gasteiger partial charge in [-0.1, -0.05) is 19.3 Å². The van der Waals surface area contributed by atoms with Crippen LogP contribution in [0.5, 0.6) is 0 Å². The monoisotopic (exact) mass is 162 g/mol. The van der Waals surface area contributed by atoms with Gasteiger partial charge < -0.3 is 5.73 Å². The fourth-order valence-electron chi connectivity index (χ4n) is 1.42. The Morgan fingerprint density at radius 2 is 1.60 bits per heavy atom. The van der Waals surface area contributed by atoms with E-state index in [1.165, 1.54) is 32.1 Å². The summed E-state index contributed by atoms with van der Waals surface area (Å²) in [7, 11) is 0. The molecule has 0 atom stereocenters. The molecule has 0 aromatic carbocycles. The molecule has 0 unspecified atom stereocenters. The van der Waals surface area contributed by atoms with Gasteiger partial charge in [0.05, 0.1) is 0 Å². The summed E-state index contributed by atoms with van der Waals surface area (Å²) in [6.45, 7) is 0.917. The van der Waals surface area contributed by atoms with Crippen LogP contribution < -0.4 is 10.9 Å². The molecule has 0 saturated heterocycles. The third kappa shape index (κ3) is 4.14. The summed E-state index contributed by atoms with van der Waals surface area (Å²) < 4.78 is 0. The summed E-state index contributed by atoms with van der Waals surface area (Å²) in [6.07, 6.45) is 7.05. The van der Waals surface area contributed by atoms with E-state index in [1.807, 2.05) is 0 Å². The van der Waals surface area contributed by atoms with Crippen molar-refractivity contribution >= 4 is 12.8 Å². The van der Waals surface area contributed by atoms with E-state index in [-0.39, 0.29) is 0 Å². The first-order valence-corrected chi connectivity index (χ1v) is 4.41. The van der Waals surface area contributed by atoms with Gasteiger partial charge in [-0.3, -0.25) is 5.14 Å². The highest BCUT2D eigenvalue weighted by atomic mass is 32.1. The van der Waals surface area contributed by atoms with Gasteiger partial charge in [0.1, 0.15) is 0 Å². The Morgan fingerprint density at radius 3 is 1.90 bits per heavy atom. The molecule has 0 aromatic heterocycles. The number of hydrogen-bond acceptors (Lipinski definition) is 3. The first kappa shape index (κ1) is 10.3. The Labute approximate surface area is 68.9 Å². The maximum Gasteiger partial charge on any atom is -0.00489 e. The second-order valence-corrected chi connectivity index (χ2v) is 2.74. The van der Waals surface area contributed by atoms with E-state index in [0.717, 1.165) is 12.5 Å². The van der Waals surface area contributed by atoms with Gasteiger partial charge in [-0.15, -0.1) is 12.8 Å². The summed E-state index contributed by atoms with van der Waals surface area (Å²) in [6, 6.07) is 0. The molecule has 1 fully saturated rings. The van der Waals surface area contributed by atoms with Crippen LogP contribution in [0, 0.1) is 5.92 Å². The van der Waals surface area contributed by atoms with E-state index < -0.39 is 0 Å². The van der Waals surface area contributed by atoms with Crippen LogP contribution in [0.25, 0.3) is 0 Å². The molecule has 0 spiro atoms. The van der Waals surface area contributed by atoms with Gasteiger partial charge in [0.15, 0.2) is 0 Å². The first-order valence-electron chi connectivity index (χ1n) is 3.89. The smallest absolute Gasteiger partial charge is 0.00489 e. The standard InChI is InChI=1S/C7H15N.H3NS/c8-6-7-4-2-1-3-5-7;1-2/h7H,1-6,8H2;2H,1H2. The topological polar surface area (TPSA) is 52.0 Å². The fourth-order valence-corrected chi connectivity index (χ4v) is 1.42. The molecule has 1 rings (SSSR count). The van der Waals surface area contributed by atoms with E-state index >= 15 is 0 Å². The van der Waals surface area contributed by atoms with Crippen molar-refractivity contribution in [2.24, 2.45) is 16.8 Å². The molecule has 1 saturated carbocycles. The van der Waals surface area contributed by atoms with Crippen molar-refractivity contribution in [1.82, 2.24) is 0 Å². The minimum absolute atomic E-state index is 0.865.